The third-order valence-corrected chi connectivity index (χ3v) is 4.01. The lowest BCUT2D eigenvalue weighted by Gasteiger charge is -2.12. The van der Waals surface area contributed by atoms with Gasteiger partial charge in [-0.1, -0.05) is 12.1 Å². The smallest absolute Gasteiger partial charge is 0.257 e. The molecule has 130 valence electrons. The summed E-state index contributed by atoms with van der Waals surface area (Å²) in [7, 11) is 0. The number of amides is 1. The van der Waals surface area contributed by atoms with Crippen LogP contribution in [0.1, 0.15) is 39.1 Å². The normalized spacial score (nSPS) is 12.4. The Morgan fingerprint density at radius 3 is 2.64 bits per heavy atom. The molecule has 0 radical (unpaired) electrons. The fourth-order valence-electron chi connectivity index (χ4n) is 2.77. The first-order valence-electron chi connectivity index (χ1n) is 7.92. The van der Waals surface area contributed by atoms with Gasteiger partial charge in [-0.25, -0.2) is 13.9 Å². The molecule has 0 saturated carbocycles. The van der Waals surface area contributed by atoms with Crippen molar-refractivity contribution in [3.63, 3.8) is 0 Å². The van der Waals surface area contributed by atoms with Gasteiger partial charge in [0.15, 0.2) is 5.65 Å². The molecule has 2 aromatic heterocycles. The van der Waals surface area contributed by atoms with Crippen molar-refractivity contribution < 1.29 is 14.3 Å². The van der Waals surface area contributed by atoms with Gasteiger partial charge in [0.2, 0.25) is 0 Å². The van der Waals surface area contributed by atoms with Crippen molar-refractivity contribution in [2.45, 2.75) is 26.9 Å². The van der Waals surface area contributed by atoms with Crippen LogP contribution in [-0.2, 0) is 0 Å². The minimum absolute atomic E-state index is 0.00600. The van der Waals surface area contributed by atoms with E-state index in [1.807, 2.05) is 19.9 Å². The minimum atomic E-state index is -0.928. The van der Waals surface area contributed by atoms with E-state index in [2.05, 4.69) is 15.4 Å². The van der Waals surface area contributed by atoms with Crippen LogP contribution >= 0.6 is 0 Å². The molecule has 0 saturated heterocycles. The number of aromatic nitrogens is 3. The zero-order chi connectivity index (χ0) is 18.1. The highest BCUT2D eigenvalue weighted by atomic mass is 19.1. The molecule has 7 heteroatoms. The Balaban J connectivity index is 1.81. The maximum atomic E-state index is 12.9. The number of benzene rings is 1. The predicted octanol–water partition coefficient (Wildman–Crippen LogP) is 2.26. The van der Waals surface area contributed by atoms with Crippen molar-refractivity contribution in [2.75, 3.05) is 6.54 Å². The lowest BCUT2D eigenvalue weighted by molar-refractivity contribution is 0.0917. The number of aliphatic hydroxyl groups is 1. The number of carbonyl (C=O) groups is 1. The van der Waals surface area contributed by atoms with Gasteiger partial charge >= 0.3 is 0 Å². The molecule has 0 spiro atoms. The summed E-state index contributed by atoms with van der Waals surface area (Å²) in [5.74, 6) is -0.732. The summed E-state index contributed by atoms with van der Waals surface area (Å²) in [6.07, 6.45) is -0.928. The first kappa shape index (κ1) is 17.0. The monoisotopic (exact) mass is 342 g/mol. The molecule has 3 aromatic rings. The first-order chi connectivity index (χ1) is 11.9. The van der Waals surface area contributed by atoms with Gasteiger partial charge in [0.25, 0.3) is 5.91 Å². The van der Waals surface area contributed by atoms with Crippen LogP contribution in [0.5, 0.6) is 0 Å². The van der Waals surface area contributed by atoms with Crippen LogP contribution in [0.2, 0.25) is 0 Å². The lowest BCUT2D eigenvalue weighted by atomic mass is 10.1. The summed E-state index contributed by atoms with van der Waals surface area (Å²) in [4.78, 5) is 17.0. The van der Waals surface area contributed by atoms with E-state index in [-0.39, 0.29) is 18.3 Å². The van der Waals surface area contributed by atoms with Crippen LogP contribution in [0.4, 0.5) is 4.39 Å². The summed E-state index contributed by atoms with van der Waals surface area (Å²) in [5, 5.41) is 17.2. The number of nitrogens with one attached hydrogen (secondary N) is 1. The van der Waals surface area contributed by atoms with Crippen molar-refractivity contribution in [2.24, 2.45) is 0 Å². The molecule has 0 bridgehead atoms. The molecule has 1 atom stereocenters. The summed E-state index contributed by atoms with van der Waals surface area (Å²) < 4.78 is 14.6. The van der Waals surface area contributed by atoms with Gasteiger partial charge in [-0.3, -0.25) is 4.79 Å². The van der Waals surface area contributed by atoms with Crippen molar-refractivity contribution in [3.05, 3.63) is 64.4 Å². The molecule has 0 aliphatic carbocycles. The highest BCUT2D eigenvalue weighted by Gasteiger charge is 2.20. The fourth-order valence-corrected chi connectivity index (χ4v) is 2.77. The molecule has 2 heterocycles. The van der Waals surface area contributed by atoms with Gasteiger partial charge in [0.1, 0.15) is 11.4 Å². The maximum Gasteiger partial charge on any atom is 0.257 e. The number of hydrogen-bond acceptors (Lipinski definition) is 4. The van der Waals surface area contributed by atoms with Crippen molar-refractivity contribution in [3.8, 4) is 0 Å². The van der Waals surface area contributed by atoms with Gasteiger partial charge in [-0.05, 0) is 44.5 Å². The molecule has 0 aliphatic rings. The Morgan fingerprint density at radius 2 is 1.96 bits per heavy atom. The molecule has 1 unspecified atom stereocenters. The Kier molecular flexibility index (Phi) is 4.50. The maximum absolute atomic E-state index is 12.9. The molecule has 1 aromatic carbocycles. The number of fused-ring (bicyclic) bond motifs is 1. The molecule has 1 amide bonds. The Labute approximate surface area is 144 Å². The summed E-state index contributed by atoms with van der Waals surface area (Å²) in [6.45, 7) is 5.50. The quantitative estimate of drug-likeness (QED) is 0.762. The van der Waals surface area contributed by atoms with Crippen molar-refractivity contribution in [1.82, 2.24) is 19.9 Å². The van der Waals surface area contributed by atoms with Crippen LogP contribution < -0.4 is 5.32 Å². The van der Waals surface area contributed by atoms with Gasteiger partial charge < -0.3 is 10.4 Å². The summed E-state index contributed by atoms with van der Waals surface area (Å²) in [6, 6.07) is 7.40. The number of halogens is 1. The molecule has 0 aliphatic heterocycles. The number of aliphatic hydroxyl groups excluding tert-OH is 1. The summed E-state index contributed by atoms with van der Waals surface area (Å²) >= 11 is 0. The standard InChI is InChI=1S/C18H19FN4O2/c1-10-8-11(2)23-17(21-10)16(12(3)22-23)18(25)20-9-15(24)13-4-6-14(19)7-5-13/h4-8,15,24H,9H2,1-3H3,(H,20,25). The molecule has 3 rings (SSSR count). The molecule has 6 nitrogen and oxygen atoms in total. The van der Waals surface area contributed by atoms with E-state index >= 15 is 0 Å². The number of aryl methyl sites for hydroxylation is 3. The van der Waals surface area contributed by atoms with Crippen LogP contribution in [0.25, 0.3) is 5.65 Å². The fraction of sp³-hybridized carbons (Fsp3) is 0.278. The van der Waals surface area contributed by atoms with Gasteiger partial charge in [0, 0.05) is 17.9 Å². The van der Waals surface area contributed by atoms with Gasteiger partial charge in [-0.15, -0.1) is 0 Å². The van der Waals surface area contributed by atoms with E-state index in [0.717, 1.165) is 11.4 Å². The third-order valence-electron chi connectivity index (χ3n) is 4.01. The second-order valence-corrected chi connectivity index (χ2v) is 6.01. The first-order valence-corrected chi connectivity index (χ1v) is 7.92. The van der Waals surface area contributed by atoms with Crippen molar-refractivity contribution >= 4 is 11.6 Å². The molecule has 25 heavy (non-hydrogen) atoms. The molecular weight excluding hydrogens is 323 g/mol. The van der Waals surface area contributed by atoms with E-state index in [0.29, 0.717) is 22.5 Å². The van der Waals surface area contributed by atoms with Gasteiger partial charge in [0.05, 0.1) is 11.8 Å². The molecular formula is C18H19FN4O2. The lowest BCUT2D eigenvalue weighted by Crippen LogP contribution is -2.29. The predicted molar refractivity (Wildman–Crippen MR) is 90.9 cm³/mol. The molecule has 0 fully saturated rings. The number of carbonyl (C=O) groups excluding carboxylic acids is 1. The van der Waals surface area contributed by atoms with E-state index in [1.54, 1.807) is 11.4 Å². The average molecular weight is 342 g/mol. The van der Waals surface area contributed by atoms with Crippen LogP contribution in [0.15, 0.2) is 30.3 Å². The van der Waals surface area contributed by atoms with E-state index < -0.39 is 6.10 Å². The van der Waals surface area contributed by atoms with E-state index in [4.69, 9.17) is 0 Å². The number of rotatable bonds is 4. The Hall–Kier alpha value is -2.80. The largest absolute Gasteiger partial charge is 0.387 e. The minimum Gasteiger partial charge on any atom is -0.387 e. The average Bonchev–Trinajstić information content (AvgIpc) is 2.89. The Morgan fingerprint density at radius 1 is 1.28 bits per heavy atom. The number of nitrogens with zero attached hydrogens (tertiary/aromatic N) is 3. The van der Waals surface area contributed by atoms with Crippen LogP contribution in [0, 0.1) is 26.6 Å². The zero-order valence-electron chi connectivity index (χ0n) is 14.2. The highest BCUT2D eigenvalue weighted by Crippen LogP contribution is 2.17. The molecule has 2 N–H and O–H groups in total. The topological polar surface area (TPSA) is 79.5 Å². The summed E-state index contributed by atoms with van der Waals surface area (Å²) in [5.41, 5.74) is 3.65. The van der Waals surface area contributed by atoms with E-state index in [1.165, 1.54) is 24.3 Å². The van der Waals surface area contributed by atoms with E-state index in [9.17, 15) is 14.3 Å². The van der Waals surface area contributed by atoms with Gasteiger partial charge in [-0.2, -0.15) is 5.10 Å². The second kappa shape index (κ2) is 6.60. The second-order valence-electron chi connectivity index (χ2n) is 6.01. The SMILES string of the molecule is Cc1cc(C)n2nc(C)c(C(=O)NCC(O)c3ccc(F)cc3)c2n1. The highest BCUT2D eigenvalue weighted by molar-refractivity contribution is 6.01. The van der Waals surface area contributed by atoms with Crippen LogP contribution in [0.3, 0.4) is 0 Å². The van der Waals surface area contributed by atoms with Crippen LogP contribution in [-0.4, -0.2) is 32.2 Å². The Bertz CT molecular complexity index is 934. The van der Waals surface area contributed by atoms with Crippen molar-refractivity contribution in [1.29, 1.82) is 0 Å². The third kappa shape index (κ3) is 3.36. The number of hydrogen-bond donors (Lipinski definition) is 2. The zero-order valence-corrected chi connectivity index (χ0v) is 14.2.